The lowest BCUT2D eigenvalue weighted by atomic mass is 10.0. The average Bonchev–Trinajstić information content (AvgIpc) is 2.77. The maximum Gasteiger partial charge on any atom is 0.340 e. The third kappa shape index (κ3) is 2.74. The summed E-state index contributed by atoms with van der Waals surface area (Å²) in [5.41, 5.74) is 2.12. The lowest BCUT2D eigenvalue weighted by molar-refractivity contribution is -0.136. The molecule has 0 aliphatic carbocycles. The Kier molecular flexibility index (Phi) is 4.65. The van der Waals surface area contributed by atoms with Gasteiger partial charge in [0.2, 0.25) is 0 Å². The van der Waals surface area contributed by atoms with Crippen molar-refractivity contribution in [2.75, 3.05) is 20.8 Å². The molecule has 1 aliphatic rings. The first-order valence-electron chi connectivity index (χ1n) is 7.00. The topological polar surface area (TPSA) is 55.8 Å². The molecular weight excluding hydrogens is 282 g/mol. The van der Waals surface area contributed by atoms with E-state index in [0.29, 0.717) is 23.4 Å². The van der Waals surface area contributed by atoms with Crippen LogP contribution in [0.25, 0.3) is 6.08 Å². The smallest absolute Gasteiger partial charge is 0.340 e. The fourth-order valence-electron chi connectivity index (χ4n) is 2.48. The zero-order chi connectivity index (χ0) is 16.3. The van der Waals surface area contributed by atoms with Crippen LogP contribution in [-0.4, -0.2) is 37.5 Å². The van der Waals surface area contributed by atoms with Crippen molar-refractivity contribution in [2.24, 2.45) is 0 Å². The van der Waals surface area contributed by atoms with Crippen LogP contribution in [0.4, 0.5) is 0 Å². The van der Waals surface area contributed by atoms with Gasteiger partial charge in [-0.1, -0.05) is 12.1 Å². The zero-order valence-corrected chi connectivity index (χ0v) is 13.2. The highest BCUT2D eigenvalue weighted by atomic mass is 16.5. The van der Waals surface area contributed by atoms with Crippen molar-refractivity contribution in [3.8, 4) is 5.75 Å². The predicted molar refractivity (Wildman–Crippen MR) is 83.1 cm³/mol. The number of benzene rings is 1. The van der Waals surface area contributed by atoms with Crippen LogP contribution in [-0.2, 0) is 14.3 Å². The summed E-state index contributed by atoms with van der Waals surface area (Å²) in [5.74, 6) is 0.0489. The molecule has 0 saturated heterocycles. The van der Waals surface area contributed by atoms with Crippen LogP contribution in [0.5, 0.6) is 5.75 Å². The molecule has 0 N–H and O–H groups in total. The molecule has 2 rings (SSSR count). The standard InChI is InChI=1S/C17H19NO4/c1-5-18-11(2)15(17(20)22-4)14(16(18)19)10-12-6-8-13(21-3)9-7-12/h6-10H,5H2,1-4H3/b14-10-. The monoisotopic (exact) mass is 301 g/mol. The van der Waals surface area contributed by atoms with Gasteiger partial charge in [0.05, 0.1) is 25.4 Å². The van der Waals surface area contributed by atoms with E-state index in [1.54, 1.807) is 37.1 Å². The first-order valence-corrected chi connectivity index (χ1v) is 7.00. The van der Waals surface area contributed by atoms with Crippen LogP contribution in [0.1, 0.15) is 19.4 Å². The lowest BCUT2D eigenvalue weighted by Gasteiger charge is -2.14. The summed E-state index contributed by atoms with van der Waals surface area (Å²) in [6.45, 7) is 4.13. The zero-order valence-electron chi connectivity index (χ0n) is 13.2. The molecule has 1 aliphatic heterocycles. The molecule has 0 aromatic heterocycles. The summed E-state index contributed by atoms with van der Waals surface area (Å²) in [6.07, 6.45) is 1.70. The highest BCUT2D eigenvalue weighted by molar-refractivity contribution is 6.16. The Bertz CT molecular complexity index is 656. The van der Waals surface area contributed by atoms with Crippen LogP contribution in [0, 0.1) is 0 Å². The average molecular weight is 301 g/mol. The van der Waals surface area contributed by atoms with Gasteiger partial charge >= 0.3 is 5.97 Å². The first kappa shape index (κ1) is 15.8. The van der Waals surface area contributed by atoms with Gasteiger partial charge in [-0.15, -0.1) is 0 Å². The van der Waals surface area contributed by atoms with Gasteiger partial charge in [-0.2, -0.15) is 0 Å². The van der Waals surface area contributed by atoms with Gasteiger partial charge in [0.25, 0.3) is 5.91 Å². The molecule has 1 heterocycles. The van der Waals surface area contributed by atoms with E-state index in [4.69, 9.17) is 9.47 Å². The summed E-state index contributed by atoms with van der Waals surface area (Å²) in [6, 6.07) is 7.27. The van der Waals surface area contributed by atoms with Gasteiger partial charge in [0, 0.05) is 12.2 Å². The number of hydrogen-bond donors (Lipinski definition) is 0. The van der Waals surface area contributed by atoms with Crippen LogP contribution in [0.3, 0.4) is 0 Å². The van der Waals surface area contributed by atoms with Gasteiger partial charge in [0.15, 0.2) is 0 Å². The summed E-state index contributed by atoms with van der Waals surface area (Å²) in [7, 11) is 2.90. The molecule has 5 nitrogen and oxygen atoms in total. The summed E-state index contributed by atoms with van der Waals surface area (Å²) >= 11 is 0. The second-order valence-corrected chi connectivity index (χ2v) is 4.83. The third-order valence-electron chi connectivity index (χ3n) is 3.64. The summed E-state index contributed by atoms with van der Waals surface area (Å²) in [4.78, 5) is 26.1. The number of carbonyl (C=O) groups is 2. The molecule has 0 fully saturated rings. The maximum absolute atomic E-state index is 12.5. The number of likely N-dealkylation sites (N-methyl/N-ethyl adjacent to an activating group) is 1. The Morgan fingerprint density at radius 3 is 2.36 bits per heavy atom. The van der Waals surface area contributed by atoms with Crippen molar-refractivity contribution >= 4 is 18.0 Å². The Labute approximate surface area is 129 Å². The van der Waals surface area contributed by atoms with Gasteiger partial charge in [-0.3, -0.25) is 4.79 Å². The molecule has 0 atom stereocenters. The van der Waals surface area contributed by atoms with Gasteiger partial charge in [-0.05, 0) is 37.6 Å². The van der Waals surface area contributed by atoms with Crippen molar-refractivity contribution in [1.82, 2.24) is 4.90 Å². The SMILES string of the molecule is CCN1C(=O)/C(=C\c2ccc(OC)cc2)C(C(=O)OC)=C1C. The number of rotatable bonds is 4. The molecular formula is C17H19NO4. The number of amides is 1. The van der Waals surface area contributed by atoms with Crippen LogP contribution < -0.4 is 4.74 Å². The normalized spacial score (nSPS) is 16.5. The molecule has 0 unspecified atom stereocenters. The molecule has 1 aromatic carbocycles. The van der Waals surface area contributed by atoms with E-state index in [9.17, 15) is 9.59 Å². The predicted octanol–water partition coefficient (Wildman–Crippen LogP) is 2.39. The van der Waals surface area contributed by atoms with E-state index in [0.717, 1.165) is 11.3 Å². The Morgan fingerprint density at radius 1 is 1.23 bits per heavy atom. The Morgan fingerprint density at radius 2 is 1.86 bits per heavy atom. The van der Waals surface area contributed by atoms with E-state index >= 15 is 0 Å². The molecule has 0 saturated carbocycles. The number of ether oxygens (including phenoxy) is 2. The van der Waals surface area contributed by atoms with Crippen molar-refractivity contribution < 1.29 is 19.1 Å². The van der Waals surface area contributed by atoms with Crippen molar-refractivity contribution in [3.05, 3.63) is 46.7 Å². The number of carbonyl (C=O) groups excluding carboxylic acids is 2. The molecule has 0 spiro atoms. The highest BCUT2D eigenvalue weighted by Gasteiger charge is 2.35. The van der Waals surface area contributed by atoms with Gasteiger partial charge < -0.3 is 14.4 Å². The number of allylic oxidation sites excluding steroid dienone is 1. The lowest BCUT2D eigenvalue weighted by Crippen LogP contribution is -2.24. The molecule has 1 amide bonds. The molecule has 22 heavy (non-hydrogen) atoms. The number of hydrogen-bond acceptors (Lipinski definition) is 4. The quantitative estimate of drug-likeness (QED) is 0.633. The second kappa shape index (κ2) is 6.47. The largest absolute Gasteiger partial charge is 0.497 e. The van der Waals surface area contributed by atoms with Crippen molar-refractivity contribution in [3.63, 3.8) is 0 Å². The molecule has 5 heteroatoms. The second-order valence-electron chi connectivity index (χ2n) is 4.83. The number of nitrogens with zero attached hydrogens (tertiary/aromatic N) is 1. The number of methoxy groups -OCH3 is 2. The third-order valence-corrected chi connectivity index (χ3v) is 3.64. The highest BCUT2D eigenvalue weighted by Crippen LogP contribution is 2.31. The minimum absolute atomic E-state index is 0.184. The van der Waals surface area contributed by atoms with E-state index in [1.807, 2.05) is 19.1 Å². The fraction of sp³-hybridized carbons (Fsp3) is 0.294. The maximum atomic E-state index is 12.5. The fourth-order valence-corrected chi connectivity index (χ4v) is 2.48. The van der Waals surface area contributed by atoms with Crippen LogP contribution in [0.15, 0.2) is 41.1 Å². The van der Waals surface area contributed by atoms with Gasteiger partial charge in [-0.25, -0.2) is 4.79 Å². The van der Waals surface area contributed by atoms with Gasteiger partial charge in [0.1, 0.15) is 5.75 Å². The minimum atomic E-state index is -0.499. The van der Waals surface area contributed by atoms with Crippen molar-refractivity contribution in [2.45, 2.75) is 13.8 Å². The van der Waals surface area contributed by atoms with Crippen molar-refractivity contribution in [1.29, 1.82) is 0 Å². The molecule has 116 valence electrons. The van der Waals surface area contributed by atoms with E-state index < -0.39 is 5.97 Å². The summed E-state index contributed by atoms with van der Waals surface area (Å²) in [5, 5.41) is 0. The first-order chi connectivity index (χ1) is 10.5. The van der Waals surface area contributed by atoms with E-state index in [2.05, 4.69) is 0 Å². The molecule has 1 aromatic rings. The Balaban J connectivity index is 2.48. The number of esters is 1. The Hall–Kier alpha value is -2.56. The van der Waals surface area contributed by atoms with Crippen LogP contribution >= 0.6 is 0 Å². The summed E-state index contributed by atoms with van der Waals surface area (Å²) < 4.78 is 9.92. The van der Waals surface area contributed by atoms with E-state index in [1.165, 1.54) is 7.11 Å². The van der Waals surface area contributed by atoms with E-state index in [-0.39, 0.29) is 5.91 Å². The molecule has 0 radical (unpaired) electrons. The minimum Gasteiger partial charge on any atom is -0.497 e. The van der Waals surface area contributed by atoms with Crippen LogP contribution in [0.2, 0.25) is 0 Å². The molecule has 0 bridgehead atoms.